The largest absolute Gasteiger partial charge is 0.468 e. The number of hydrogen-bond donors (Lipinski definition) is 2. The minimum atomic E-state index is -4.38. The van der Waals surface area contributed by atoms with Crippen molar-refractivity contribution in [2.24, 2.45) is 4.99 Å². The molecule has 0 bridgehead atoms. The van der Waals surface area contributed by atoms with E-state index in [-0.39, 0.29) is 11.5 Å². The summed E-state index contributed by atoms with van der Waals surface area (Å²) in [6.07, 6.45) is -0.861. The number of aromatic nitrogens is 1. The van der Waals surface area contributed by atoms with E-state index in [4.69, 9.17) is 4.74 Å². The summed E-state index contributed by atoms with van der Waals surface area (Å²) in [4.78, 5) is 8.34. The van der Waals surface area contributed by atoms with Crippen molar-refractivity contribution in [3.63, 3.8) is 0 Å². The molecule has 0 saturated carbocycles. The normalized spacial score (nSPS) is 20.9. The van der Waals surface area contributed by atoms with E-state index in [1.54, 1.807) is 6.07 Å². The summed E-state index contributed by atoms with van der Waals surface area (Å²) in [5.41, 5.74) is 0.583. The molecule has 1 unspecified atom stereocenters. The Balaban J connectivity index is 1.87. The number of pyridine rings is 1. The summed E-state index contributed by atoms with van der Waals surface area (Å²) >= 11 is 0. The van der Waals surface area contributed by atoms with Crippen LogP contribution >= 0.6 is 0 Å². The molecule has 26 heavy (non-hydrogen) atoms. The number of aliphatic imine (C=N–C) groups is 1. The van der Waals surface area contributed by atoms with Gasteiger partial charge in [0.15, 0.2) is 12.6 Å². The van der Waals surface area contributed by atoms with Crippen LogP contribution in [0.3, 0.4) is 0 Å². The van der Waals surface area contributed by atoms with Gasteiger partial charge in [0.2, 0.25) is 5.88 Å². The van der Waals surface area contributed by atoms with Gasteiger partial charge in [0.1, 0.15) is 0 Å². The summed E-state index contributed by atoms with van der Waals surface area (Å²) in [5.74, 6) is 0.591. The Morgan fingerprint density at radius 3 is 2.77 bits per heavy atom. The summed E-state index contributed by atoms with van der Waals surface area (Å²) in [5, 5.41) is 6.42. The van der Waals surface area contributed by atoms with E-state index in [1.807, 2.05) is 6.92 Å². The number of ether oxygens (including phenoxy) is 2. The van der Waals surface area contributed by atoms with Gasteiger partial charge in [-0.1, -0.05) is 6.07 Å². The molecule has 2 rings (SSSR count). The third kappa shape index (κ3) is 7.07. The van der Waals surface area contributed by atoms with Crippen molar-refractivity contribution < 1.29 is 22.6 Å². The van der Waals surface area contributed by atoms with Crippen LogP contribution < -0.4 is 15.4 Å². The van der Waals surface area contributed by atoms with Crippen LogP contribution in [-0.2, 0) is 11.3 Å². The monoisotopic (exact) mass is 374 g/mol. The van der Waals surface area contributed by atoms with Crippen molar-refractivity contribution >= 4 is 5.96 Å². The fourth-order valence-electron chi connectivity index (χ4n) is 2.50. The van der Waals surface area contributed by atoms with Crippen LogP contribution in [-0.4, -0.2) is 49.0 Å². The molecule has 0 radical (unpaired) electrons. The fraction of sp³-hybridized carbons (Fsp3) is 0.647. The highest BCUT2D eigenvalue weighted by molar-refractivity contribution is 5.79. The number of halogens is 3. The van der Waals surface area contributed by atoms with Gasteiger partial charge in [-0.15, -0.1) is 0 Å². The number of nitrogens with one attached hydrogen (secondary N) is 2. The lowest BCUT2D eigenvalue weighted by atomic mass is 10.0. The van der Waals surface area contributed by atoms with E-state index in [2.05, 4.69) is 32.3 Å². The predicted octanol–water partition coefficient (Wildman–Crippen LogP) is 2.65. The maximum atomic E-state index is 12.1. The van der Waals surface area contributed by atoms with E-state index >= 15 is 0 Å². The molecule has 0 aromatic carbocycles. The van der Waals surface area contributed by atoms with Crippen LogP contribution in [0.25, 0.3) is 0 Å². The Kier molecular flexibility index (Phi) is 7.07. The van der Waals surface area contributed by atoms with Gasteiger partial charge in [0, 0.05) is 32.0 Å². The first-order valence-electron chi connectivity index (χ1n) is 8.60. The zero-order valence-corrected chi connectivity index (χ0v) is 15.0. The topological polar surface area (TPSA) is 67.8 Å². The smallest absolute Gasteiger partial charge is 0.422 e. The zero-order valence-electron chi connectivity index (χ0n) is 15.0. The molecule has 2 heterocycles. The highest BCUT2D eigenvalue weighted by Gasteiger charge is 2.30. The van der Waals surface area contributed by atoms with E-state index < -0.39 is 12.8 Å². The molecule has 1 aliphatic heterocycles. The Hall–Kier alpha value is -2.03. The average Bonchev–Trinajstić information content (AvgIpc) is 3.03. The quantitative estimate of drug-likeness (QED) is 0.567. The van der Waals surface area contributed by atoms with Crippen molar-refractivity contribution in [2.45, 2.75) is 45.0 Å². The van der Waals surface area contributed by atoms with E-state index in [0.29, 0.717) is 25.6 Å². The molecule has 1 aromatic heterocycles. The molecule has 1 aliphatic rings. The summed E-state index contributed by atoms with van der Waals surface area (Å²) in [6, 6.07) is 3.05. The first-order chi connectivity index (χ1) is 12.3. The van der Waals surface area contributed by atoms with Gasteiger partial charge >= 0.3 is 6.18 Å². The van der Waals surface area contributed by atoms with Gasteiger partial charge in [-0.2, -0.15) is 13.2 Å². The SMILES string of the molecule is CCNC(=NCc1ccc(OCC(F)(F)F)nc1)NCC1(C)CCCO1. The molecule has 1 aromatic rings. The fourth-order valence-corrected chi connectivity index (χ4v) is 2.50. The molecule has 1 fully saturated rings. The molecular weight excluding hydrogens is 349 g/mol. The molecule has 6 nitrogen and oxygen atoms in total. The summed E-state index contributed by atoms with van der Waals surface area (Å²) < 4.78 is 46.7. The second-order valence-electron chi connectivity index (χ2n) is 6.36. The van der Waals surface area contributed by atoms with Crippen LogP contribution in [0, 0.1) is 0 Å². The molecule has 1 saturated heterocycles. The highest BCUT2D eigenvalue weighted by atomic mass is 19.4. The van der Waals surface area contributed by atoms with Crippen LogP contribution in [0.5, 0.6) is 5.88 Å². The molecule has 9 heteroatoms. The predicted molar refractivity (Wildman–Crippen MR) is 92.2 cm³/mol. The number of guanidine groups is 1. The zero-order chi connectivity index (χ0) is 19.0. The van der Waals surface area contributed by atoms with Crippen molar-refractivity contribution in [3.8, 4) is 5.88 Å². The van der Waals surface area contributed by atoms with Crippen molar-refractivity contribution in [3.05, 3.63) is 23.9 Å². The molecular formula is C17H25F3N4O2. The van der Waals surface area contributed by atoms with Crippen LogP contribution in [0.1, 0.15) is 32.3 Å². The van der Waals surface area contributed by atoms with Crippen molar-refractivity contribution in [2.75, 3.05) is 26.3 Å². The lowest BCUT2D eigenvalue weighted by Gasteiger charge is -2.24. The van der Waals surface area contributed by atoms with Crippen LogP contribution in [0.4, 0.5) is 13.2 Å². The van der Waals surface area contributed by atoms with E-state index in [1.165, 1.54) is 12.3 Å². The maximum absolute atomic E-state index is 12.1. The second-order valence-corrected chi connectivity index (χ2v) is 6.36. The Morgan fingerprint density at radius 1 is 1.38 bits per heavy atom. The van der Waals surface area contributed by atoms with Crippen molar-refractivity contribution in [1.29, 1.82) is 0 Å². The second kappa shape index (κ2) is 9.07. The van der Waals surface area contributed by atoms with Gasteiger partial charge in [0.25, 0.3) is 0 Å². The number of hydrogen-bond acceptors (Lipinski definition) is 4. The molecule has 2 N–H and O–H groups in total. The molecule has 1 atom stereocenters. The minimum absolute atomic E-state index is 0.0635. The van der Waals surface area contributed by atoms with Gasteiger partial charge in [0.05, 0.1) is 12.1 Å². The van der Waals surface area contributed by atoms with Crippen LogP contribution in [0.2, 0.25) is 0 Å². The van der Waals surface area contributed by atoms with Gasteiger partial charge in [-0.05, 0) is 32.3 Å². The average molecular weight is 374 g/mol. The highest BCUT2D eigenvalue weighted by Crippen LogP contribution is 2.23. The van der Waals surface area contributed by atoms with Gasteiger partial charge in [-0.25, -0.2) is 9.98 Å². The minimum Gasteiger partial charge on any atom is -0.468 e. The van der Waals surface area contributed by atoms with Gasteiger partial charge < -0.3 is 20.1 Å². The van der Waals surface area contributed by atoms with Crippen LogP contribution in [0.15, 0.2) is 23.3 Å². The first kappa shape index (κ1) is 20.3. The first-order valence-corrected chi connectivity index (χ1v) is 8.60. The third-order valence-corrected chi connectivity index (χ3v) is 3.88. The van der Waals surface area contributed by atoms with Gasteiger partial charge in [-0.3, -0.25) is 0 Å². The maximum Gasteiger partial charge on any atom is 0.422 e. The number of nitrogens with zero attached hydrogens (tertiary/aromatic N) is 2. The molecule has 146 valence electrons. The number of rotatable bonds is 7. The lowest BCUT2D eigenvalue weighted by molar-refractivity contribution is -0.154. The Morgan fingerprint density at radius 2 is 2.19 bits per heavy atom. The third-order valence-electron chi connectivity index (χ3n) is 3.88. The molecule has 0 aliphatic carbocycles. The molecule has 0 spiro atoms. The Labute approximate surface area is 151 Å². The standard InChI is InChI=1S/C17H25F3N4O2/c1-3-21-15(24-11-16(2)7-4-8-26-16)23-10-13-5-6-14(22-9-13)25-12-17(18,19)20/h5-6,9H,3-4,7-8,10-12H2,1-2H3,(H2,21,23,24). The summed E-state index contributed by atoms with van der Waals surface area (Å²) in [7, 11) is 0. The van der Waals surface area contributed by atoms with Crippen molar-refractivity contribution in [1.82, 2.24) is 15.6 Å². The summed E-state index contributed by atoms with van der Waals surface area (Å²) in [6.45, 7) is 5.18. The Bertz CT molecular complexity index is 585. The number of alkyl halides is 3. The van der Waals surface area contributed by atoms with E-state index in [9.17, 15) is 13.2 Å². The molecule has 0 amide bonds. The lowest BCUT2D eigenvalue weighted by Crippen LogP contribution is -2.45. The van der Waals surface area contributed by atoms with E-state index in [0.717, 1.165) is 25.0 Å².